The zero-order chi connectivity index (χ0) is 21.1. The first-order valence-electron chi connectivity index (χ1n) is 9.00. The second-order valence-electron chi connectivity index (χ2n) is 6.49. The molecule has 150 valence electrons. The number of nitrogens with one attached hydrogen (secondary N) is 2. The number of halogens is 1. The van der Waals surface area contributed by atoms with Crippen molar-refractivity contribution in [3.8, 4) is 11.5 Å². The Labute approximate surface area is 181 Å². The molecule has 0 saturated heterocycles. The molecule has 8 heteroatoms. The molecule has 4 rings (SSSR count). The van der Waals surface area contributed by atoms with Gasteiger partial charge in [-0.05, 0) is 37.3 Å². The van der Waals surface area contributed by atoms with Gasteiger partial charge in [-0.15, -0.1) is 0 Å². The van der Waals surface area contributed by atoms with Crippen LogP contribution in [-0.2, 0) is 0 Å². The van der Waals surface area contributed by atoms with Crippen LogP contribution in [-0.4, -0.2) is 16.1 Å². The molecule has 0 atom stereocenters. The van der Waals surface area contributed by atoms with Crippen molar-refractivity contribution in [3.63, 3.8) is 0 Å². The third-order valence-corrected chi connectivity index (χ3v) is 5.32. The Morgan fingerprint density at radius 2 is 1.80 bits per heavy atom. The van der Waals surface area contributed by atoms with E-state index in [1.165, 1.54) is 0 Å². The van der Waals surface area contributed by atoms with Crippen molar-refractivity contribution < 1.29 is 14.0 Å². The minimum Gasteiger partial charge on any atom is -0.436 e. The highest BCUT2D eigenvalue weighted by Gasteiger charge is 2.13. The van der Waals surface area contributed by atoms with Gasteiger partial charge in [0.2, 0.25) is 11.0 Å². The van der Waals surface area contributed by atoms with Gasteiger partial charge in [0.1, 0.15) is 5.52 Å². The number of urea groups is 1. The van der Waals surface area contributed by atoms with E-state index in [1.807, 2.05) is 43.3 Å². The third kappa shape index (κ3) is 4.48. The summed E-state index contributed by atoms with van der Waals surface area (Å²) in [5, 5.41) is 2.73. The number of oxazole rings is 1. The monoisotopic (exact) mass is 437 g/mol. The lowest BCUT2D eigenvalue weighted by molar-refractivity contribution is 0.108. The van der Waals surface area contributed by atoms with Crippen molar-refractivity contribution >= 4 is 51.5 Å². The van der Waals surface area contributed by atoms with Crippen LogP contribution in [0.25, 0.3) is 22.6 Å². The predicted octanol–water partition coefficient (Wildman–Crippen LogP) is 6.07. The fraction of sp³-hybridized carbons (Fsp3) is 0.0455. The standard InChI is InChI=1S/C22H16ClN3O3S/c1-13-6-8-14(9-7-13)21(27)30-26-22(28)25-18-12-15(10-11-16(18)23)20-24-17-4-2-3-5-19(17)29-20/h2-12H,1H3,(H2,25,26,28). The number of carbonyl (C=O) groups is 2. The van der Waals surface area contributed by atoms with Gasteiger partial charge in [-0.25, -0.2) is 9.78 Å². The van der Waals surface area contributed by atoms with E-state index in [0.717, 1.165) is 11.1 Å². The summed E-state index contributed by atoms with van der Waals surface area (Å²) in [5.41, 5.74) is 3.99. The molecular weight excluding hydrogens is 422 g/mol. The summed E-state index contributed by atoms with van der Waals surface area (Å²) in [4.78, 5) is 28.9. The van der Waals surface area contributed by atoms with Crippen molar-refractivity contribution in [2.45, 2.75) is 6.92 Å². The van der Waals surface area contributed by atoms with Crippen LogP contribution in [0.2, 0.25) is 5.02 Å². The number of carbonyl (C=O) groups excluding carboxylic acids is 2. The van der Waals surface area contributed by atoms with Crippen LogP contribution in [0.5, 0.6) is 0 Å². The van der Waals surface area contributed by atoms with Gasteiger partial charge < -0.3 is 9.73 Å². The van der Waals surface area contributed by atoms with E-state index in [1.54, 1.807) is 30.3 Å². The van der Waals surface area contributed by atoms with Crippen LogP contribution >= 0.6 is 23.5 Å². The van der Waals surface area contributed by atoms with Gasteiger partial charge in [0.25, 0.3) is 0 Å². The highest BCUT2D eigenvalue weighted by molar-refractivity contribution is 8.12. The Morgan fingerprint density at radius 1 is 1.03 bits per heavy atom. The van der Waals surface area contributed by atoms with E-state index in [9.17, 15) is 9.59 Å². The van der Waals surface area contributed by atoms with Gasteiger partial charge >= 0.3 is 6.03 Å². The van der Waals surface area contributed by atoms with Crippen molar-refractivity contribution in [2.24, 2.45) is 0 Å². The maximum atomic E-state index is 12.3. The number of aromatic nitrogens is 1. The molecule has 0 aliphatic heterocycles. The minimum absolute atomic E-state index is 0.267. The number of rotatable bonds is 3. The Bertz CT molecular complexity index is 1210. The van der Waals surface area contributed by atoms with E-state index in [4.69, 9.17) is 16.0 Å². The topological polar surface area (TPSA) is 84.2 Å². The van der Waals surface area contributed by atoms with Gasteiger partial charge in [0.15, 0.2) is 5.58 Å². The molecule has 6 nitrogen and oxygen atoms in total. The SMILES string of the molecule is Cc1ccc(C(=O)SNC(=O)Nc2cc(-c3nc4ccccc4o3)ccc2Cl)cc1. The van der Waals surface area contributed by atoms with Crippen LogP contribution in [0.15, 0.2) is 71.1 Å². The molecule has 2 N–H and O–H groups in total. The summed E-state index contributed by atoms with van der Waals surface area (Å²) in [5.74, 6) is 0.417. The second kappa shape index (κ2) is 8.61. The molecule has 0 fully saturated rings. The average Bonchev–Trinajstić information content (AvgIpc) is 3.18. The largest absolute Gasteiger partial charge is 0.436 e. The summed E-state index contributed by atoms with van der Waals surface area (Å²) in [6, 6.07) is 19.0. The summed E-state index contributed by atoms with van der Waals surface area (Å²) in [6.45, 7) is 1.94. The molecule has 3 aromatic carbocycles. The Morgan fingerprint density at radius 3 is 2.57 bits per heavy atom. The molecule has 0 spiro atoms. The molecular formula is C22H16ClN3O3S. The zero-order valence-electron chi connectivity index (χ0n) is 15.8. The maximum absolute atomic E-state index is 12.3. The minimum atomic E-state index is -0.572. The van der Waals surface area contributed by atoms with Crippen LogP contribution in [0.1, 0.15) is 15.9 Å². The molecule has 4 aromatic rings. The molecule has 0 bridgehead atoms. The summed E-state index contributed by atoms with van der Waals surface area (Å²) < 4.78 is 8.23. The van der Waals surface area contributed by atoms with E-state index < -0.39 is 6.03 Å². The number of anilines is 1. The number of benzene rings is 3. The molecule has 0 radical (unpaired) electrons. The maximum Gasteiger partial charge on any atom is 0.329 e. The first kappa shape index (κ1) is 20.0. The number of nitrogens with zero attached hydrogens (tertiary/aromatic N) is 1. The molecule has 1 heterocycles. The Hall–Kier alpha value is -3.29. The molecule has 0 saturated carbocycles. The predicted molar refractivity (Wildman–Crippen MR) is 120 cm³/mol. The van der Waals surface area contributed by atoms with Crippen molar-refractivity contribution in [1.29, 1.82) is 0 Å². The zero-order valence-corrected chi connectivity index (χ0v) is 17.4. The normalized spacial score (nSPS) is 10.7. The second-order valence-corrected chi connectivity index (χ2v) is 7.68. The van der Waals surface area contributed by atoms with E-state index in [-0.39, 0.29) is 5.12 Å². The highest BCUT2D eigenvalue weighted by atomic mass is 35.5. The van der Waals surface area contributed by atoms with Crippen molar-refractivity contribution in [3.05, 3.63) is 82.9 Å². The fourth-order valence-corrected chi connectivity index (χ4v) is 3.39. The lowest BCUT2D eigenvalue weighted by Gasteiger charge is -2.09. The molecule has 30 heavy (non-hydrogen) atoms. The number of para-hydroxylation sites is 2. The third-order valence-electron chi connectivity index (χ3n) is 4.28. The molecule has 0 aliphatic rings. The van der Waals surface area contributed by atoms with Gasteiger partial charge in [-0.2, -0.15) is 0 Å². The van der Waals surface area contributed by atoms with Crippen LogP contribution in [0.3, 0.4) is 0 Å². The number of hydrogen-bond donors (Lipinski definition) is 2. The van der Waals surface area contributed by atoms with Crippen LogP contribution in [0.4, 0.5) is 10.5 Å². The summed E-state index contributed by atoms with van der Waals surface area (Å²) >= 11 is 6.91. The van der Waals surface area contributed by atoms with Gasteiger partial charge in [-0.3, -0.25) is 9.52 Å². The van der Waals surface area contributed by atoms with E-state index in [2.05, 4.69) is 15.0 Å². The van der Waals surface area contributed by atoms with Gasteiger partial charge in [0.05, 0.1) is 10.7 Å². The molecule has 2 amide bonds. The van der Waals surface area contributed by atoms with Gasteiger partial charge in [-0.1, -0.05) is 53.6 Å². The number of hydrogen-bond acceptors (Lipinski definition) is 5. The van der Waals surface area contributed by atoms with Crippen molar-refractivity contribution in [1.82, 2.24) is 9.71 Å². The molecule has 1 aromatic heterocycles. The lowest BCUT2D eigenvalue weighted by atomic mass is 10.2. The Kier molecular flexibility index (Phi) is 5.74. The van der Waals surface area contributed by atoms with Crippen LogP contribution in [0, 0.1) is 6.92 Å². The molecule has 0 aliphatic carbocycles. The average molecular weight is 438 g/mol. The lowest BCUT2D eigenvalue weighted by Crippen LogP contribution is -2.24. The Balaban J connectivity index is 1.44. The first-order valence-corrected chi connectivity index (χ1v) is 10.2. The summed E-state index contributed by atoms with van der Waals surface area (Å²) in [7, 11) is 0. The number of fused-ring (bicyclic) bond motifs is 1. The van der Waals surface area contributed by atoms with E-state index in [0.29, 0.717) is 45.3 Å². The number of amides is 2. The smallest absolute Gasteiger partial charge is 0.329 e. The van der Waals surface area contributed by atoms with Gasteiger partial charge in [0, 0.05) is 23.1 Å². The van der Waals surface area contributed by atoms with Crippen LogP contribution < -0.4 is 10.0 Å². The molecule has 0 unspecified atom stereocenters. The fourth-order valence-electron chi connectivity index (χ4n) is 2.74. The highest BCUT2D eigenvalue weighted by Crippen LogP contribution is 2.30. The van der Waals surface area contributed by atoms with Crippen molar-refractivity contribution in [2.75, 3.05) is 5.32 Å². The number of aryl methyl sites for hydroxylation is 1. The quantitative estimate of drug-likeness (QED) is 0.380. The summed E-state index contributed by atoms with van der Waals surface area (Å²) in [6.07, 6.45) is 0. The van der Waals surface area contributed by atoms with E-state index >= 15 is 0 Å². The first-order chi connectivity index (χ1) is 14.5.